The second kappa shape index (κ2) is 7.52. The van der Waals surface area contributed by atoms with Crippen LogP contribution >= 0.6 is 0 Å². The second-order valence-corrected chi connectivity index (χ2v) is 5.52. The van der Waals surface area contributed by atoms with Crippen molar-refractivity contribution in [3.05, 3.63) is 71.6 Å². The number of nitrogens with zero attached hydrogens (tertiary/aromatic N) is 1. The van der Waals surface area contributed by atoms with E-state index in [0.717, 1.165) is 0 Å². The lowest BCUT2D eigenvalue weighted by molar-refractivity contribution is 0.0988. The monoisotopic (exact) mass is 351 g/mol. The fourth-order valence-electron chi connectivity index (χ4n) is 2.34. The van der Waals surface area contributed by atoms with Crippen molar-refractivity contribution >= 4 is 23.2 Å². The molecule has 0 bridgehead atoms. The van der Waals surface area contributed by atoms with Gasteiger partial charge in [-0.1, -0.05) is 23.4 Å². The molecule has 0 unspecified atom stereocenters. The Bertz CT molecular complexity index is 949. The van der Waals surface area contributed by atoms with Crippen molar-refractivity contribution in [3.63, 3.8) is 0 Å². The third kappa shape index (κ3) is 3.89. The molecule has 0 saturated heterocycles. The predicted molar refractivity (Wildman–Crippen MR) is 96.6 cm³/mol. The first-order chi connectivity index (χ1) is 12.6. The molecule has 0 fully saturated rings. The minimum atomic E-state index is -0.479. The van der Waals surface area contributed by atoms with Crippen LogP contribution in [0.2, 0.25) is 0 Å². The number of aromatic nitrogens is 1. The summed E-state index contributed by atoms with van der Waals surface area (Å²) in [4.78, 5) is 24.9. The zero-order valence-electron chi connectivity index (χ0n) is 14.3. The highest BCUT2D eigenvalue weighted by Crippen LogP contribution is 2.21. The minimum Gasteiger partial charge on any atom is -0.497 e. The summed E-state index contributed by atoms with van der Waals surface area (Å²) in [6.07, 6.45) is 0. The summed E-state index contributed by atoms with van der Waals surface area (Å²) in [5, 5.41) is 9.14. The number of rotatable bonds is 5. The lowest BCUT2D eigenvalue weighted by atomic mass is 10.1. The van der Waals surface area contributed by atoms with Crippen molar-refractivity contribution in [2.45, 2.75) is 6.92 Å². The Labute approximate surface area is 150 Å². The molecule has 7 heteroatoms. The summed E-state index contributed by atoms with van der Waals surface area (Å²) in [6.45, 7) is 1.72. The van der Waals surface area contributed by atoms with Gasteiger partial charge in [0.2, 0.25) is 5.76 Å². The van der Waals surface area contributed by atoms with Crippen LogP contribution in [0.25, 0.3) is 0 Å². The molecule has 1 heterocycles. The molecule has 0 aliphatic carbocycles. The lowest BCUT2D eigenvalue weighted by Crippen LogP contribution is -2.18. The summed E-state index contributed by atoms with van der Waals surface area (Å²) in [5.41, 5.74) is 1.87. The van der Waals surface area contributed by atoms with E-state index in [0.29, 0.717) is 28.4 Å². The van der Waals surface area contributed by atoms with E-state index in [9.17, 15) is 9.59 Å². The number of carbonyl (C=O) groups excluding carboxylic acids is 2. The molecule has 0 aliphatic heterocycles. The molecule has 3 aromatic rings. The molecular formula is C19H17N3O4. The number of amides is 2. The van der Waals surface area contributed by atoms with Gasteiger partial charge >= 0.3 is 0 Å². The van der Waals surface area contributed by atoms with Gasteiger partial charge in [0.1, 0.15) is 5.75 Å². The van der Waals surface area contributed by atoms with Gasteiger partial charge in [0, 0.05) is 17.8 Å². The normalized spacial score (nSPS) is 10.2. The lowest BCUT2D eigenvalue weighted by Gasteiger charge is -2.11. The number of hydrogen-bond acceptors (Lipinski definition) is 5. The maximum absolute atomic E-state index is 12.6. The first-order valence-corrected chi connectivity index (χ1v) is 7.86. The Balaban J connectivity index is 1.79. The van der Waals surface area contributed by atoms with Crippen molar-refractivity contribution in [2.75, 3.05) is 17.7 Å². The topological polar surface area (TPSA) is 93.5 Å². The number of benzene rings is 2. The van der Waals surface area contributed by atoms with Crippen molar-refractivity contribution < 1.29 is 18.8 Å². The average molecular weight is 351 g/mol. The smallest absolute Gasteiger partial charge is 0.294 e. The van der Waals surface area contributed by atoms with Crippen LogP contribution < -0.4 is 15.4 Å². The molecule has 3 rings (SSSR count). The van der Waals surface area contributed by atoms with E-state index < -0.39 is 5.91 Å². The third-order valence-corrected chi connectivity index (χ3v) is 3.60. The molecule has 26 heavy (non-hydrogen) atoms. The molecule has 132 valence electrons. The van der Waals surface area contributed by atoms with E-state index in [1.807, 2.05) is 0 Å². The quantitative estimate of drug-likeness (QED) is 0.734. The number of methoxy groups -OCH3 is 1. The van der Waals surface area contributed by atoms with Crippen LogP contribution in [0.3, 0.4) is 0 Å². The molecule has 0 spiro atoms. The number of para-hydroxylation sites is 1. The number of ether oxygens (including phenoxy) is 1. The van der Waals surface area contributed by atoms with Crippen LogP contribution in [0, 0.1) is 6.92 Å². The highest BCUT2D eigenvalue weighted by atomic mass is 16.5. The van der Waals surface area contributed by atoms with Crippen LogP contribution in [0.1, 0.15) is 26.6 Å². The van der Waals surface area contributed by atoms with Gasteiger partial charge in [-0.25, -0.2) is 0 Å². The molecule has 0 radical (unpaired) electrons. The number of aryl methyl sites for hydroxylation is 1. The van der Waals surface area contributed by atoms with Gasteiger partial charge in [0.25, 0.3) is 11.8 Å². The van der Waals surface area contributed by atoms with Crippen LogP contribution in [0.4, 0.5) is 11.4 Å². The van der Waals surface area contributed by atoms with Crippen molar-refractivity contribution in [1.29, 1.82) is 0 Å². The average Bonchev–Trinajstić information content (AvgIpc) is 3.09. The summed E-state index contributed by atoms with van der Waals surface area (Å²) in [6, 6.07) is 15.2. The summed E-state index contributed by atoms with van der Waals surface area (Å²) in [5.74, 6) is -0.134. The van der Waals surface area contributed by atoms with E-state index in [1.165, 1.54) is 6.07 Å². The van der Waals surface area contributed by atoms with Crippen molar-refractivity contribution in [1.82, 2.24) is 5.16 Å². The van der Waals surface area contributed by atoms with Crippen molar-refractivity contribution in [3.8, 4) is 5.75 Å². The summed E-state index contributed by atoms with van der Waals surface area (Å²) < 4.78 is 10.1. The number of nitrogens with one attached hydrogen (secondary N) is 2. The van der Waals surface area contributed by atoms with Gasteiger partial charge in [-0.15, -0.1) is 0 Å². The van der Waals surface area contributed by atoms with E-state index in [4.69, 9.17) is 9.26 Å². The maximum atomic E-state index is 12.6. The fourth-order valence-corrected chi connectivity index (χ4v) is 2.34. The number of hydrogen-bond donors (Lipinski definition) is 2. The maximum Gasteiger partial charge on any atom is 0.294 e. The third-order valence-electron chi connectivity index (χ3n) is 3.60. The van der Waals surface area contributed by atoms with Crippen LogP contribution in [-0.2, 0) is 0 Å². The predicted octanol–water partition coefficient (Wildman–Crippen LogP) is 3.50. The zero-order chi connectivity index (χ0) is 18.5. The molecule has 1 aromatic heterocycles. The Morgan fingerprint density at radius 2 is 1.81 bits per heavy atom. The van der Waals surface area contributed by atoms with Crippen LogP contribution in [-0.4, -0.2) is 24.1 Å². The minimum absolute atomic E-state index is 0.0745. The highest BCUT2D eigenvalue weighted by molar-refractivity contribution is 6.12. The summed E-state index contributed by atoms with van der Waals surface area (Å²) in [7, 11) is 1.55. The standard InChI is InChI=1S/C19H17N3O4/c1-12-10-17(26-22-12)19(24)21-16-9-4-3-8-15(16)18(23)20-13-6-5-7-14(11-13)25-2/h3-11H,1-2H3,(H,20,23)(H,21,24). The van der Waals surface area contributed by atoms with Gasteiger partial charge in [0.05, 0.1) is 24.1 Å². The Kier molecular flexibility index (Phi) is 4.98. The SMILES string of the molecule is COc1cccc(NC(=O)c2ccccc2NC(=O)c2cc(C)no2)c1. The number of anilines is 2. The van der Waals surface area contributed by atoms with E-state index in [2.05, 4.69) is 15.8 Å². The van der Waals surface area contributed by atoms with E-state index >= 15 is 0 Å². The van der Waals surface area contributed by atoms with Gasteiger partial charge in [0.15, 0.2) is 0 Å². The zero-order valence-corrected chi connectivity index (χ0v) is 14.3. The Morgan fingerprint density at radius 3 is 2.54 bits per heavy atom. The van der Waals surface area contributed by atoms with Crippen molar-refractivity contribution in [2.24, 2.45) is 0 Å². The van der Waals surface area contributed by atoms with Gasteiger partial charge in [-0.3, -0.25) is 9.59 Å². The highest BCUT2D eigenvalue weighted by Gasteiger charge is 2.17. The first kappa shape index (κ1) is 17.2. The molecule has 2 N–H and O–H groups in total. The Hall–Kier alpha value is -3.61. The molecule has 0 atom stereocenters. The summed E-state index contributed by atoms with van der Waals surface area (Å²) >= 11 is 0. The molecule has 0 saturated carbocycles. The second-order valence-electron chi connectivity index (χ2n) is 5.52. The molecule has 2 amide bonds. The fraction of sp³-hybridized carbons (Fsp3) is 0.105. The van der Waals surface area contributed by atoms with Gasteiger partial charge in [-0.05, 0) is 31.2 Å². The molecule has 2 aromatic carbocycles. The molecule has 7 nitrogen and oxygen atoms in total. The van der Waals surface area contributed by atoms with Crippen LogP contribution in [0.5, 0.6) is 5.75 Å². The van der Waals surface area contributed by atoms with Gasteiger partial charge < -0.3 is 19.9 Å². The number of carbonyl (C=O) groups is 2. The van der Waals surface area contributed by atoms with E-state index in [1.54, 1.807) is 62.6 Å². The van der Waals surface area contributed by atoms with Crippen LogP contribution in [0.15, 0.2) is 59.1 Å². The van der Waals surface area contributed by atoms with Gasteiger partial charge in [-0.2, -0.15) is 0 Å². The van der Waals surface area contributed by atoms with E-state index in [-0.39, 0.29) is 11.7 Å². The first-order valence-electron chi connectivity index (χ1n) is 7.86. The molecular weight excluding hydrogens is 334 g/mol. The Morgan fingerprint density at radius 1 is 1.00 bits per heavy atom. The molecule has 0 aliphatic rings. The largest absolute Gasteiger partial charge is 0.497 e.